The zero-order chi connectivity index (χ0) is 14.5. The van der Waals surface area contributed by atoms with Crippen LogP contribution in [0.4, 0.5) is 4.79 Å². The molecule has 2 amide bonds. The molecule has 2 aromatic rings. The minimum Gasteiger partial charge on any atom is -0.338 e. The van der Waals surface area contributed by atoms with Crippen LogP contribution in [0.5, 0.6) is 0 Å². The molecule has 1 aromatic carbocycles. The maximum atomic E-state index is 12.1. The highest BCUT2D eigenvalue weighted by molar-refractivity contribution is 5.76. The Balaban J connectivity index is 2.05. The number of amides is 2. The quantitative estimate of drug-likeness (QED) is 0.857. The number of para-hydroxylation sites is 2. The second-order valence-corrected chi connectivity index (χ2v) is 4.66. The van der Waals surface area contributed by atoms with Gasteiger partial charge in [-0.15, -0.1) is 0 Å². The fraction of sp³-hybridized carbons (Fsp3) is 0.429. The molecule has 0 saturated heterocycles. The normalized spacial score (nSPS) is 10.7. The number of fused-ring (bicyclic) bond motifs is 1. The predicted molar refractivity (Wildman–Crippen MR) is 78.9 cm³/mol. The van der Waals surface area contributed by atoms with Crippen molar-refractivity contribution < 1.29 is 4.79 Å². The van der Waals surface area contributed by atoms with Gasteiger partial charge in [0.1, 0.15) is 0 Å². The van der Waals surface area contributed by atoms with E-state index in [4.69, 9.17) is 0 Å². The van der Waals surface area contributed by atoms with Crippen LogP contribution in [0.25, 0.3) is 11.0 Å². The first-order chi connectivity index (χ1) is 9.65. The minimum absolute atomic E-state index is 0.0676. The Labute approximate surface area is 117 Å². The highest BCUT2D eigenvalue weighted by Gasteiger charge is 2.09. The van der Waals surface area contributed by atoms with E-state index in [2.05, 4.69) is 10.6 Å². The number of benzene rings is 1. The molecule has 0 atom stereocenters. The average molecular weight is 276 g/mol. The average Bonchev–Trinajstić information content (AvgIpc) is 2.70. The Kier molecular flexibility index (Phi) is 4.45. The molecule has 0 aliphatic carbocycles. The largest absolute Gasteiger partial charge is 0.338 e. The van der Waals surface area contributed by atoms with Gasteiger partial charge in [0.25, 0.3) is 0 Å². The van der Waals surface area contributed by atoms with Gasteiger partial charge in [-0.3, -0.25) is 9.13 Å². The molecule has 0 aliphatic rings. The molecule has 0 aliphatic heterocycles. The van der Waals surface area contributed by atoms with Crippen molar-refractivity contribution >= 4 is 17.1 Å². The second kappa shape index (κ2) is 6.27. The van der Waals surface area contributed by atoms with E-state index in [1.54, 1.807) is 16.2 Å². The van der Waals surface area contributed by atoms with E-state index in [-0.39, 0.29) is 11.7 Å². The smallest absolute Gasteiger partial charge is 0.328 e. The lowest BCUT2D eigenvalue weighted by molar-refractivity contribution is 0.240. The Bertz CT molecular complexity index is 657. The second-order valence-electron chi connectivity index (χ2n) is 4.66. The third-order valence-corrected chi connectivity index (χ3v) is 3.21. The summed E-state index contributed by atoms with van der Waals surface area (Å²) in [6, 6.07) is 7.44. The highest BCUT2D eigenvalue weighted by atomic mass is 16.2. The van der Waals surface area contributed by atoms with Crippen LogP contribution >= 0.6 is 0 Å². The van der Waals surface area contributed by atoms with E-state index in [0.29, 0.717) is 19.6 Å². The standard InChI is InChI=1S/C14H20N4O2/c1-3-8-15-13(19)16-9-10-18-12-7-5-4-6-11(12)17(2)14(18)20/h4-7H,3,8-10H2,1-2H3,(H2,15,16,19). The van der Waals surface area contributed by atoms with Gasteiger partial charge in [0, 0.05) is 26.7 Å². The third-order valence-electron chi connectivity index (χ3n) is 3.21. The van der Waals surface area contributed by atoms with Gasteiger partial charge in [-0.2, -0.15) is 0 Å². The predicted octanol–water partition coefficient (Wildman–Crippen LogP) is 1.05. The molecule has 108 valence electrons. The molecule has 20 heavy (non-hydrogen) atoms. The minimum atomic E-state index is -0.194. The molecule has 2 N–H and O–H groups in total. The van der Waals surface area contributed by atoms with E-state index < -0.39 is 0 Å². The van der Waals surface area contributed by atoms with Crippen molar-refractivity contribution in [1.29, 1.82) is 0 Å². The Morgan fingerprint density at radius 1 is 1.15 bits per heavy atom. The van der Waals surface area contributed by atoms with E-state index in [1.807, 2.05) is 31.2 Å². The van der Waals surface area contributed by atoms with E-state index >= 15 is 0 Å². The highest BCUT2D eigenvalue weighted by Crippen LogP contribution is 2.10. The Hall–Kier alpha value is -2.24. The molecule has 0 saturated carbocycles. The summed E-state index contributed by atoms with van der Waals surface area (Å²) < 4.78 is 3.29. The lowest BCUT2D eigenvalue weighted by Crippen LogP contribution is -2.38. The van der Waals surface area contributed by atoms with Crippen LogP contribution in [-0.4, -0.2) is 28.3 Å². The number of imidazole rings is 1. The first kappa shape index (κ1) is 14.2. The lowest BCUT2D eigenvalue weighted by Gasteiger charge is -2.07. The van der Waals surface area contributed by atoms with Crippen molar-refractivity contribution in [2.45, 2.75) is 19.9 Å². The van der Waals surface area contributed by atoms with Crippen LogP contribution in [0.2, 0.25) is 0 Å². The first-order valence-electron chi connectivity index (χ1n) is 6.81. The topological polar surface area (TPSA) is 68.1 Å². The van der Waals surface area contributed by atoms with Crippen molar-refractivity contribution in [2.24, 2.45) is 7.05 Å². The van der Waals surface area contributed by atoms with Crippen LogP contribution in [0, 0.1) is 0 Å². The van der Waals surface area contributed by atoms with Crippen LogP contribution in [-0.2, 0) is 13.6 Å². The molecule has 0 bridgehead atoms. The van der Waals surface area contributed by atoms with Crippen LogP contribution in [0.1, 0.15) is 13.3 Å². The SMILES string of the molecule is CCCNC(=O)NCCn1c(=O)n(C)c2ccccc21. The maximum Gasteiger partial charge on any atom is 0.328 e. The molecular weight excluding hydrogens is 256 g/mol. The summed E-state index contributed by atoms with van der Waals surface area (Å²) >= 11 is 0. The monoisotopic (exact) mass is 276 g/mol. The molecule has 0 fully saturated rings. The van der Waals surface area contributed by atoms with Gasteiger partial charge in [-0.25, -0.2) is 9.59 Å². The number of carbonyl (C=O) groups is 1. The van der Waals surface area contributed by atoms with E-state index in [0.717, 1.165) is 17.5 Å². The summed E-state index contributed by atoms with van der Waals surface area (Å²) in [4.78, 5) is 23.6. The summed E-state index contributed by atoms with van der Waals surface area (Å²) in [5, 5.41) is 5.48. The van der Waals surface area contributed by atoms with Crippen molar-refractivity contribution in [1.82, 2.24) is 19.8 Å². The molecule has 6 nitrogen and oxygen atoms in total. The third kappa shape index (κ3) is 2.84. The van der Waals surface area contributed by atoms with Crippen LogP contribution in [0.15, 0.2) is 29.1 Å². The summed E-state index contributed by atoms with van der Waals surface area (Å²) in [7, 11) is 1.75. The van der Waals surface area contributed by atoms with E-state index in [1.165, 1.54) is 0 Å². The zero-order valence-electron chi connectivity index (χ0n) is 11.8. The molecule has 0 unspecified atom stereocenters. The molecule has 1 aromatic heterocycles. The number of aryl methyl sites for hydroxylation is 1. The van der Waals surface area contributed by atoms with Crippen molar-refractivity contribution in [3.05, 3.63) is 34.7 Å². The van der Waals surface area contributed by atoms with Crippen LogP contribution in [0.3, 0.4) is 0 Å². The number of hydrogen-bond donors (Lipinski definition) is 2. The fourth-order valence-electron chi connectivity index (χ4n) is 2.16. The zero-order valence-corrected chi connectivity index (χ0v) is 11.8. The van der Waals surface area contributed by atoms with Gasteiger partial charge in [0.15, 0.2) is 0 Å². The van der Waals surface area contributed by atoms with Gasteiger partial charge in [-0.05, 0) is 18.6 Å². The molecule has 2 rings (SSSR count). The summed E-state index contributed by atoms with van der Waals surface area (Å²) in [5.41, 5.74) is 1.71. The summed E-state index contributed by atoms with van der Waals surface area (Å²) in [6.07, 6.45) is 0.899. The molecular formula is C14H20N4O2. The van der Waals surface area contributed by atoms with Crippen LogP contribution < -0.4 is 16.3 Å². The number of nitrogens with one attached hydrogen (secondary N) is 2. The van der Waals surface area contributed by atoms with Gasteiger partial charge in [0.2, 0.25) is 0 Å². The number of rotatable bonds is 5. The summed E-state index contributed by atoms with van der Waals surface area (Å²) in [6.45, 7) is 3.53. The number of nitrogens with zero attached hydrogens (tertiary/aromatic N) is 2. The fourth-order valence-corrected chi connectivity index (χ4v) is 2.16. The van der Waals surface area contributed by atoms with E-state index in [9.17, 15) is 9.59 Å². The number of urea groups is 1. The van der Waals surface area contributed by atoms with Gasteiger partial charge >= 0.3 is 11.7 Å². The molecule has 6 heteroatoms. The summed E-state index contributed by atoms with van der Waals surface area (Å²) in [5.74, 6) is 0. The Morgan fingerprint density at radius 3 is 2.50 bits per heavy atom. The Morgan fingerprint density at radius 2 is 1.80 bits per heavy atom. The van der Waals surface area contributed by atoms with Gasteiger partial charge < -0.3 is 10.6 Å². The first-order valence-corrected chi connectivity index (χ1v) is 6.81. The van der Waals surface area contributed by atoms with Gasteiger partial charge in [0.05, 0.1) is 11.0 Å². The molecule has 0 radical (unpaired) electrons. The van der Waals surface area contributed by atoms with Crippen molar-refractivity contribution in [3.63, 3.8) is 0 Å². The lowest BCUT2D eigenvalue weighted by atomic mass is 10.3. The molecule has 0 spiro atoms. The number of hydrogen-bond acceptors (Lipinski definition) is 2. The van der Waals surface area contributed by atoms with Crippen molar-refractivity contribution in [2.75, 3.05) is 13.1 Å². The maximum absolute atomic E-state index is 12.1. The molecule has 1 heterocycles. The van der Waals surface area contributed by atoms with Crippen molar-refractivity contribution in [3.8, 4) is 0 Å². The number of aromatic nitrogens is 2. The van der Waals surface area contributed by atoms with Gasteiger partial charge in [-0.1, -0.05) is 19.1 Å². The number of carbonyl (C=O) groups excluding carboxylic acids is 1.